The van der Waals surface area contributed by atoms with E-state index in [1.807, 2.05) is 51.1 Å². The predicted octanol–water partition coefficient (Wildman–Crippen LogP) is 5.24. The number of carbonyl (C=O) groups excluding carboxylic acids is 2. The van der Waals surface area contributed by atoms with Gasteiger partial charge < -0.3 is 9.47 Å². The standard InChI is InChI=1S/C24H29NO4/c1-24(2,3)29-23(27)25-16-8-7-11-21(25)22(26)19-12-14-20(15-13-19)28-17-18-9-5-4-6-10-18/h4-6,9-10,12-15,21H,7-8,11,16-17H2,1-3H3/t21-/m0/s1. The van der Waals surface area contributed by atoms with Crippen molar-refractivity contribution in [2.45, 2.75) is 58.3 Å². The number of amides is 1. The summed E-state index contributed by atoms with van der Waals surface area (Å²) in [4.78, 5) is 27.2. The van der Waals surface area contributed by atoms with Crippen molar-refractivity contribution in [3.05, 3.63) is 65.7 Å². The summed E-state index contributed by atoms with van der Waals surface area (Å²) in [6.07, 6.45) is 2.05. The zero-order valence-corrected chi connectivity index (χ0v) is 17.4. The first kappa shape index (κ1) is 20.9. The molecule has 0 aliphatic carbocycles. The number of likely N-dealkylation sites (tertiary alicyclic amines) is 1. The Bertz CT molecular complexity index is 824. The lowest BCUT2D eigenvalue weighted by atomic mass is 9.94. The lowest BCUT2D eigenvalue weighted by Gasteiger charge is -2.35. The maximum Gasteiger partial charge on any atom is 0.410 e. The van der Waals surface area contributed by atoms with Crippen LogP contribution in [0.3, 0.4) is 0 Å². The van der Waals surface area contributed by atoms with E-state index in [4.69, 9.17) is 9.47 Å². The number of ketones is 1. The molecule has 1 aliphatic heterocycles. The Kier molecular flexibility index (Phi) is 6.57. The van der Waals surface area contributed by atoms with E-state index in [-0.39, 0.29) is 5.78 Å². The molecule has 1 heterocycles. The van der Waals surface area contributed by atoms with Crippen LogP contribution in [0.4, 0.5) is 4.79 Å². The molecule has 0 saturated carbocycles. The number of hydrogen-bond acceptors (Lipinski definition) is 4. The SMILES string of the molecule is CC(C)(C)OC(=O)N1CCCC[C@H]1C(=O)c1ccc(OCc2ccccc2)cc1. The summed E-state index contributed by atoms with van der Waals surface area (Å²) in [7, 11) is 0. The molecule has 1 atom stereocenters. The van der Waals surface area contributed by atoms with Crippen LogP contribution in [0.5, 0.6) is 5.75 Å². The summed E-state index contributed by atoms with van der Waals surface area (Å²) in [6, 6.07) is 16.6. The average molecular weight is 395 g/mol. The molecule has 1 amide bonds. The van der Waals surface area contributed by atoms with Gasteiger partial charge in [0.2, 0.25) is 0 Å². The van der Waals surface area contributed by atoms with Crippen molar-refractivity contribution in [3.63, 3.8) is 0 Å². The van der Waals surface area contributed by atoms with Crippen LogP contribution in [0.1, 0.15) is 56.0 Å². The van der Waals surface area contributed by atoms with Crippen LogP contribution >= 0.6 is 0 Å². The molecule has 0 aromatic heterocycles. The normalized spacial score (nSPS) is 16.9. The number of carbonyl (C=O) groups is 2. The quantitative estimate of drug-likeness (QED) is 0.650. The van der Waals surface area contributed by atoms with Crippen LogP contribution in [-0.2, 0) is 11.3 Å². The van der Waals surface area contributed by atoms with Crippen molar-refractivity contribution < 1.29 is 19.1 Å². The largest absolute Gasteiger partial charge is 0.489 e. The third kappa shape index (κ3) is 5.83. The molecule has 2 aromatic rings. The van der Waals surface area contributed by atoms with Gasteiger partial charge in [0.15, 0.2) is 5.78 Å². The Morgan fingerprint density at radius 1 is 1.00 bits per heavy atom. The Hall–Kier alpha value is -2.82. The van der Waals surface area contributed by atoms with E-state index < -0.39 is 17.7 Å². The van der Waals surface area contributed by atoms with E-state index in [9.17, 15) is 9.59 Å². The molecule has 1 fully saturated rings. The lowest BCUT2D eigenvalue weighted by Crippen LogP contribution is -2.49. The van der Waals surface area contributed by atoms with Crippen molar-refractivity contribution in [2.24, 2.45) is 0 Å². The minimum Gasteiger partial charge on any atom is -0.489 e. The fraction of sp³-hybridized carbons (Fsp3) is 0.417. The molecule has 1 aliphatic rings. The first-order chi connectivity index (χ1) is 13.8. The molecule has 5 nitrogen and oxygen atoms in total. The number of rotatable bonds is 5. The summed E-state index contributed by atoms with van der Waals surface area (Å²) in [5.41, 5.74) is 1.08. The van der Waals surface area contributed by atoms with Crippen LogP contribution in [0.25, 0.3) is 0 Å². The van der Waals surface area contributed by atoms with Gasteiger partial charge in [0.25, 0.3) is 0 Å². The number of hydrogen-bond donors (Lipinski definition) is 0. The van der Waals surface area contributed by atoms with Crippen LogP contribution in [-0.4, -0.2) is 35.0 Å². The fourth-order valence-electron chi connectivity index (χ4n) is 3.39. The third-order valence-corrected chi connectivity index (χ3v) is 4.82. The lowest BCUT2D eigenvalue weighted by molar-refractivity contribution is 0.0105. The number of ether oxygens (including phenoxy) is 2. The molecule has 154 valence electrons. The Morgan fingerprint density at radius 2 is 1.69 bits per heavy atom. The molecule has 0 unspecified atom stereocenters. The monoisotopic (exact) mass is 395 g/mol. The van der Waals surface area contributed by atoms with Gasteiger partial charge in [-0.3, -0.25) is 9.69 Å². The van der Waals surface area contributed by atoms with E-state index in [0.29, 0.717) is 30.9 Å². The number of piperidine rings is 1. The van der Waals surface area contributed by atoms with E-state index >= 15 is 0 Å². The zero-order chi connectivity index (χ0) is 20.9. The van der Waals surface area contributed by atoms with E-state index in [2.05, 4.69) is 0 Å². The first-order valence-corrected chi connectivity index (χ1v) is 10.1. The van der Waals surface area contributed by atoms with Gasteiger partial charge in [0, 0.05) is 12.1 Å². The molecule has 0 bridgehead atoms. The van der Waals surface area contributed by atoms with E-state index in [1.165, 1.54) is 0 Å². The van der Waals surface area contributed by atoms with Gasteiger partial charge in [-0.05, 0) is 69.9 Å². The molecule has 3 rings (SSSR count). The molecular formula is C24H29NO4. The van der Waals surface area contributed by atoms with Crippen LogP contribution in [0.2, 0.25) is 0 Å². The second-order valence-electron chi connectivity index (χ2n) is 8.35. The van der Waals surface area contributed by atoms with Crippen molar-refractivity contribution in [3.8, 4) is 5.75 Å². The second kappa shape index (κ2) is 9.12. The Morgan fingerprint density at radius 3 is 2.34 bits per heavy atom. The molecule has 0 radical (unpaired) electrons. The average Bonchev–Trinajstić information content (AvgIpc) is 2.71. The van der Waals surface area contributed by atoms with Gasteiger partial charge in [0.1, 0.15) is 18.0 Å². The number of benzene rings is 2. The first-order valence-electron chi connectivity index (χ1n) is 10.1. The van der Waals surface area contributed by atoms with Crippen molar-refractivity contribution in [1.82, 2.24) is 4.90 Å². The highest BCUT2D eigenvalue weighted by Crippen LogP contribution is 2.24. The summed E-state index contributed by atoms with van der Waals surface area (Å²) >= 11 is 0. The van der Waals surface area contributed by atoms with E-state index in [1.54, 1.807) is 29.2 Å². The maximum absolute atomic E-state index is 13.1. The highest BCUT2D eigenvalue weighted by Gasteiger charge is 2.35. The van der Waals surface area contributed by atoms with Gasteiger partial charge in [0.05, 0.1) is 6.04 Å². The summed E-state index contributed by atoms with van der Waals surface area (Å²) < 4.78 is 11.3. The minimum absolute atomic E-state index is 0.0508. The molecule has 29 heavy (non-hydrogen) atoms. The number of nitrogens with zero attached hydrogens (tertiary/aromatic N) is 1. The van der Waals surface area contributed by atoms with Crippen molar-refractivity contribution >= 4 is 11.9 Å². The molecular weight excluding hydrogens is 366 g/mol. The number of Topliss-reactive ketones (excluding diaryl/α,β-unsaturated/α-hetero) is 1. The van der Waals surface area contributed by atoms with Crippen LogP contribution < -0.4 is 4.74 Å². The Balaban J connectivity index is 1.65. The topological polar surface area (TPSA) is 55.8 Å². The smallest absolute Gasteiger partial charge is 0.410 e. The predicted molar refractivity (Wildman–Crippen MR) is 112 cm³/mol. The molecule has 1 saturated heterocycles. The summed E-state index contributed by atoms with van der Waals surface area (Å²) in [5.74, 6) is 0.656. The van der Waals surface area contributed by atoms with Crippen molar-refractivity contribution in [2.75, 3.05) is 6.54 Å². The summed E-state index contributed by atoms with van der Waals surface area (Å²) in [5, 5.41) is 0. The molecule has 2 aromatic carbocycles. The van der Waals surface area contributed by atoms with Gasteiger partial charge in [-0.25, -0.2) is 4.79 Å². The second-order valence-corrected chi connectivity index (χ2v) is 8.35. The third-order valence-electron chi connectivity index (χ3n) is 4.82. The van der Waals surface area contributed by atoms with Gasteiger partial charge >= 0.3 is 6.09 Å². The molecule has 0 N–H and O–H groups in total. The van der Waals surface area contributed by atoms with Gasteiger partial charge in [-0.2, -0.15) is 0 Å². The summed E-state index contributed by atoms with van der Waals surface area (Å²) in [6.45, 7) is 6.52. The van der Waals surface area contributed by atoms with Crippen LogP contribution in [0.15, 0.2) is 54.6 Å². The molecule has 5 heteroatoms. The van der Waals surface area contributed by atoms with Gasteiger partial charge in [-0.15, -0.1) is 0 Å². The van der Waals surface area contributed by atoms with Gasteiger partial charge in [-0.1, -0.05) is 30.3 Å². The Labute approximate surface area is 172 Å². The minimum atomic E-state index is -0.583. The van der Waals surface area contributed by atoms with Crippen molar-refractivity contribution in [1.29, 1.82) is 0 Å². The molecule has 0 spiro atoms. The maximum atomic E-state index is 13.1. The fourth-order valence-corrected chi connectivity index (χ4v) is 3.39. The highest BCUT2D eigenvalue weighted by molar-refractivity contribution is 6.01. The highest BCUT2D eigenvalue weighted by atomic mass is 16.6. The zero-order valence-electron chi connectivity index (χ0n) is 17.4. The van der Waals surface area contributed by atoms with E-state index in [0.717, 1.165) is 18.4 Å². The van der Waals surface area contributed by atoms with Crippen LogP contribution in [0, 0.1) is 0 Å².